The van der Waals surface area contributed by atoms with E-state index in [1.165, 1.54) is 36.4 Å². The second-order valence-electron chi connectivity index (χ2n) is 4.16. The number of carbonyl (C=O) groups is 1. The molecule has 0 saturated carbocycles. The van der Waals surface area contributed by atoms with Crippen molar-refractivity contribution in [3.63, 3.8) is 0 Å². The lowest BCUT2D eigenvalue weighted by Crippen LogP contribution is -2.23. The largest absolute Gasteiger partial charge is 0.384 e. The average Bonchev–Trinajstić information content (AvgIpc) is 2.41. The Hall–Kier alpha value is -2.96. The van der Waals surface area contributed by atoms with Gasteiger partial charge in [-0.1, -0.05) is 6.07 Å². The molecule has 2 amide bonds. The number of carbonyl (C=O) groups excluding carboxylic acids is 1. The van der Waals surface area contributed by atoms with Gasteiger partial charge < -0.3 is 16.4 Å². The highest BCUT2D eigenvalue weighted by Gasteiger charge is 2.13. The van der Waals surface area contributed by atoms with Crippen LogP contribution in [-0.2, 0) is 0 Å². The van der Waals surface area contributed by atoms with Gasteiger partial charge in [0.2, 0.25) is 0 Å². The minimum atomic E-state index is -0.706. The third kappa shape index (κ3) is 3.53. The Morgan fingerprint density at radius 3 is 2.33 bits per heavy atom. The number of urea groups is 1. The van der Waals surface area contributed by atoms with Crippen LogP contribution in [0.4, 0.5) is 25.0 Å². The first-order valence-electron chi connectivity index (χ1n) is 5.94. The van der Waals surface area contributed by atoms with Crippen molar-refractivity contribution in [2.75, 3.05) is 10.6 Å². The van der Waals surface area contributed by atoms with Gasteiger partial charge in [-0.25, -0.2) is 13.6 Å². The van der Waals surface area contributed by atoms with Crippen LogP contribution in [0.1, 0.15) is 5.56 Å². The quantitative estimate of drug-likeness (QED) is 0.517. The van der Waals surface area contributed by atoms with Crippen molar-refractivity contribution in [3.8, 4) is 0 Å². The number of halogens is 2. The Bertz CT molecular complexity index is 686. The lowest BCUT2D eigenvalue weighted by Gasteiger charge is -2.11. The van der Waals surface area contributed by atoms with Crippen LogP contribution in [0.2, 0.25) is 0 Å². The van der Waals surface area contributed by atoms with Gasteiger partial charge in [0.1, 0.15) is 17.5 Å². The average molecular weight is 290 g/mol. The molecule has 21 heavy (non-hydrogen) atoms. The minimum Gasteiger partial charge on any atom is -0.384 e. The highest BCUT2D eigenvalue weighted by atomic mass is 19.1. The predicted octanol–water partition coefficient (Wildman–Crippen LogP) is 2.89. The summed E-state index contributed by atoms with van der Waals surface area (Å²) in [6.45, 7) is 0. The Balaban J connectivity index is 2.15. The SMILES string of the molecule is N=C(N)c1c(F)cccc1NC(=O)Nc1ccc(F)cc1. The van der Waals surface area contributed by atoms with Crippen LogP contribution in [0.25, 0.3) is 0 Å². The van der Waals surface area contributed by atoms with Crippen molar-refractivity contribution < 1.29 is 13.6 Å². The first-order chi connectivity index (χ1) is 9.97. The molecule has 0 heterocycles. The maximum Gasteiger partial charge on any atom is 0.323 e. The molecular formula is C14H12F2N4O. The van der Waals surface area contributed by atoms with Gasteiger partial charge in [-0.05, 0) is 36.4 Å². The summed E-state index contributed by atoms with van der Waals surface area (Å²) >= 11 is 0. The zero-order chi connectivity index (χ0) is 15.4. The normalized spacial score (nSPS) is 10.0. The topological polar surface area (TPSA) is 91.0 Å². The van der Waals surface area contributed by atoms with Crippen molar-refractivity contribution in [3.05, 3.63) is 59.7 Å². The van der Waals surface area contributed by atoms with Crippen molar-refractivity contribution in [1.29, 1.82) is 5.41 Å². The Kier molecular flexibility index (Phi) is 4.13. The van der Waals surface area contributed by atoms with E-state index < -0.39 is 23.5 Å². The predicted molar refractivity (Wildman–Crippen MR) is 76.5 cm³/mol. The van der Waals surface area contributed by atoms with Crippen LogP contribution in [-0.4, -0.2) is 11.9 Å². The fraction of sp³-hybridized carbons (Fsp3) is 0. The molecule has 0 aromatic heterocycles. The third-order valence-electron chi connectivity index (χ3n) is 2.63. The number of amides is 2. The number of nitrogens with one attached hydrogen (secondary N) is 3. The Morgan fingerprint density at radius 2 is 1.71 bits per heavy atom. The van der Waals surface area contributed by atoms with Crippen molar-refractivity contribution >= 4 is 23.2 Å². The molecule has 0 bridgehead atoms. The summed E-state index contributed by atoms with van der Waals surface area (Å²) in [5.74, 6) is -1.63. The van der Waals surface area contributed by atoms with Gasteiger partial charge in [0.25, 0.3) is 0 Å². The number of nitrogen functional groups attached to an aromatic ring is 1. The zero-order valence-corrected chi connectivity index (χ0v) is 10.8. The summed E-state index contributed by atoms with van der Waals surface area (Å²) in [6, 6.07) is 8.44. The fourth-order valence-electron chi connectivity index (χ4n) is 1.72. The number of hydrogen-bond acceptors (Lipinski definition) is 2. The van der Waals surface area contributed by atoms with Gasteiger partial charge in [0.05, 0.1) is 11.3 Å². The highest BCUT2D eigenvalue weighted by Crippen LogP contribution is 2.19. The molecule has 0 aliphatic heterocycles. The van der Waals surface area contributed by atoms with Crippen LogP contribution in [0.5, 0.6) is 0 Å². The number of anilines is 2. The number of nitrogens with two attached hydrogens (primary N) is 1. The molecule has 0 unspecified atom stereocenters. The zero-order valence-electron chi connectivity index (χ0n) is 10.8. The fourth-order valence-corrected chi connectivity index (χ4v) is 1.72. The first-order valence-corrected chi connectivity index (χ1v) is 5.94. The maximum atomic E-state index is 13.6. The molecule has 7 heteroatoms. The lowest BCUT2D eigenvalue weighted by molar-refractivity contribution is 0.262. The van der Waals surface area contributed by atoms with E-state index in [0.29, 0.717) is 5.69 Å². The van der Waals surface area contributed by atoms with E-state index in [4.69, 9.17) is 11.1 Å². The van der Waals surface area contributed by atoms with Crippen LogP contribution in [0.3, 0.4) is 0 Å². The summed E-state index contributed by atoms with van der Waals surface area (Å²) < 4.78 is 26.3. The maximum absolute atomic E-state index is 13.6. The summed E-state index contributed by atoms with van der Waals surface area (Å²) in [5.41, 5.74) is 5.54. The van der Waals surface area contributed by atoms with E-state index in [9.17, 15) is 13.6 Å². The van der Waals surface area contributed by atoms with Gasteiger partial charge in [-0.2, -0.15) is 0 Å². The lowest BCUT2D eigenvalue weighted by atomic mass is 10.1. The standard InChI is InChI=1S/C14H12F2N4O/c15-8-4-6-9(7-5-8)19-14(21)20-11-3-1-2-10(16)12(11)13(17)18/h1-7H,(H3,17,18)(H2,19,20,21). The van der Waals surface area contributed by atoms with Crippen LogP contribution in [0, 0.1) is 17.0 Å². The second kappa shape index (κ2) is 6.00. The van der Waals surface area contributed by atoms with Gasteiger partial charge in [0.15, 0.2) is 0 Å². The Morgan fingerprint density at radius 1 is 1.05 bits per heavy atom. The highest BCUT2D eigenvalue weighted by molar-refractivity contribution is 6.07. The van der Waals surface area contributed by atoms with Crippen LogP contribution < -0.4 is 16.4 Å². The molecule has 0 fully saturated rings. The molecule has 2 aromatic rings. The molecule has 0 spiro atoms. The molecule has 0 saturated heterocycles. The molecule has 0 aliphatic carbocycles. The van der Waals surface area contributed by atoms with E-state index >= 15 is 0 Å². The monoisotopic (exact) mass is 290 g/mol. The van der Waals surface area contributed by atoms with Gasteiger partial charge in [-0.15, -0.1) is 0 Å². The molecule has 0 radical (unpaired) electrons. The number of rotatable bonds is 3. The van der Waals surface area contributed by atoms with E-state index in [-0.39, 0.29) is 11.3 Å². The van der Waals surface area contributed by atoms with Gasteiger partial charge >= 0.3 is 6.03 Å². The van der Waals surface area contributed by atoms with E-state index in [2.05, 4.69) is 10.6 Å². The first kappa shape index (κ1) is 14.4. The van der Waals surface area contributed by atoms with Crippen LogP contribution in [0.15, 0.2) is 42.5 Å². The number of hydrogen-bond donors (Lipinski definition) is 4. The summed E-state index contributed by atoms with van der Waals surface area (Å²) in [5, 5.41) is 12.2. The smallest absolute Gasteiger partial charge is 0.323 e. The van der Waals surface area contributed by atoms with Crippen molar-refractivity contribution in [1.82, 2.24) is 0 Å². The van der Waals surface area contributed by atoms with Gasteiger partial charge in [-0.3, -0.25) is 5.41 Å². The van der Waals surface area contributed by atoms with E-state index in [0.717, 1.165) is 6.07 Å². The second-order valence-corrected chi connectivity index (χ2v) is 4.16. The van der Waals surface area contributed by atoms with E-state index in [1.54, 1.807) is 0 Å². The molecular weight excluding hydrogens is 278 g/mol. The summed E-state index contributed by atoms with van der Waals surface area (Å²) in [7, 11) is 0. The minimum absolute atomic E-state index is 0.0714. The molecule has 2 rings (SSSR count). The summed E-state index contributed by atoms with van der Waals surface area (Å²) in [6.07, 6.45) is 0. The molecule has 5 nitrogen and oxygen atoms in total. The summed E-state index contributed by atoms with van der Waals surface area (Å²) in [4.78, 5) is 11.8. The van der Waals surface area contributed by atoms with Crippen molar-refractivity contribution in [2.45, 2.75) is 0 Å². The molecule has 2 aromatic carbocycles. The van der Waals surface area contributed by atoms with E-state index in [1.807, 2.05) is 0 Å². The Labute approximate surface area is 119 Å². The third-order valence-corrected chi connectivity index (χ3v) is 2.63. The number of benzene rings is 2. The van der Waals surface area contributed by atoms with Crippen LogP contribution >= 0.6 is 0 Å². The number of amidine groups is 1. The molecule has 0 aliphatic rings. The molecule has 108 valence electrons. The van der Waals surface area contributed by atoms with Gasteiger partial charge in [0, 0.05) is 5.69 Å². The molecule has 0 atom stereocenters. The van der Waals surface area contributed by atoms with Crippen molar-refractivity contribution in [2.24, 2.45) is 5.73 Å². The molecule has 5 N–H and O–H groups in total.